The van der Waals surface area contributed by atoms with Crippen LogP contribution in [0.25, 0.3) is 0 Å². The van der Waals surface area contributed by atoms with Gasteiger partial charge in [0.05, 0.1) is 6.61 Å². The lowest BCUT2D eigenvalue weighted by molar-refractivity contribution is -0.104. The molecule has 0 aromatic rings. The van der Waals surface area contributed by atoms with Crippen molar-refractivity contribution in [2.24, 2.45) is 0 Å². The highest BCUT2D eigenvalue weighted by Gasteiger charge is 2.11. The van der Waals surface area contributed by atoms with E-state index < -0.39 is 7.82 Å². The molecule has 64 valence electrons. The third-order valence-electron chi connectivity index (χ3n) is 0.834. The second kappa shape index (κ2) is 4.41. The highest BCUT2D eigenvalue weighted by Crippen LogP contribution is 2.35. The first-order valence-corrected chi connectivity index (χ1v) is 4.31. The van der Waals surface area contributed by atoms with E-state index in [-0.39, 0.29) is 6.61 Å². The molecule has 0 atom stereocenters. The lowest BCUT2D eigenvalue weighted by atomic mass is 10.3. The van der Waals surface area contributed by atoms with E-state index in [1.165, 1.54) is 13.0 Å². The van der Waals surface area contributed by atoms with Crippen LogP contribution in [0.3, 0.4) is 0 Å². The average Bonchev–Trinajstić information content (AvgIpc) is 1.85. The van der Waals surface area contributed by atoms with Crippen molar-refractivity contribution in [3.8, 4) is 0 Å². The Morgan fingerprint density at radius 3 is 2.55 bits per heavy atom. The maximum absolute atomic E-state index is 10.1. The normalized spacial score (nSPS) is 13.2. The van der Waals surface area contributed by atoms with Gasteiger partial charge in [-0.05, 0) is 12.5 Å². The van der Waals surface area contributed by atoms with Gasteiger partial charge in [-0.3, -0.25) is 9.32 Å². The Kier molecular flexibility index (Phi) is 4.22. The fraction of sp³-hybridized carbons (Fsp3) is 0.400. The molecule has 6 heteroatoms. The molecule has 5 nitrogen and oxygen atoms in total. The predicted molar refractivity (Wildman–Crippen MR) is 37.8 cm³/mol. The van der Waals surface area contributed by atoms with Gasteiger partial charge in [0, 0.05) is 0 Å². The van der Waals surface area contributed by atoms with Gasteiger partial charge in [-0.1, -0.05) is 6.08 Å². The van der Waals surface area contributed by atoms with Gasteiger partial charge in [0.15, 0.2) is 0 Å². The van der Waals surface area contributed by atoms with E-state index >= 15 is 0 Å². The molecule has 0 radical (unpaired) electrons. The Morgan fingerprint density at radius 2 is 2.18 bits per heavy atom. The van der Waals surface area contributed by atoms with E-state index in [1.807, 2.05) is 0 Å². The van der Waals surface area contributed by atoms with Crippen LogP contribution in [0.4, 0.5) is 0 Å². The standard InChI is InChI=1S/C5H9O5P/c1-5(4-6)2-3-10-11(7,8)9/h2,4H,3H2,1H3,(H2,7,8,9)/b5-2-. The summed E-state index contributed by atoms with van der Waals surface area (Å²) in [7, 11) is -4.39. The number of phosphoric acid groups is 1. The summed E-state index contributed by atoms with van der Waals surface area (Å²) in [6.45, 7) is 1.25. The zero-order valence-electron chi connectivity index (χ0n) is 5.93. The van der Waals surface area contributed by atoms with E-state index in [9.17, 15) is 9.36 Å². The number of aldehydes is 1. The number of carbonyl (C=O) groups is 1. The summed E-state index contributed by atoms with van der Waals surface area (Å²) >= 11 is 0. The number of hydrogen-bond donors (Lipinski definition) is 2. The van der Waals surface area contributed by atoms with Gasteiger partial charge < -0.3 is 9.79 Å². The molecule has 0 aromatic heterocycles. The molecule has 0 amide bonds. The third-order valence-corrected chi connectivity index (χ3v) is 1.32. The van der Waals surface area contributed by atoms with Gasteiger partial charge in [-0.25, -0.2) is 4.57 Å². The first-order valence-electron chi connectivity index (χ1n) is 2.78. The summed E-state index contributed by atoms with van der Waals surface area (Å²) in [4.78, 5) is 26.3. The van der Waals surface area contributed by atoms with Crippen molar-refractivity contribution < 1.29 is 23.7 Å². The van der Waals surface area contributed by atoms with Crippen molar-refractivity contribution in [3.63, 3.8) is 0 Å². The highest BCUT2D eigenvalue weighted by molar-refractivity contribution is 7.46. The third kappa shape index (κ3) is 7.42. The van der Waals surface area contributed by atoms with Crippen molar-refractivity contribution in [3.05, 3.63) is 11.6 Å². The number of hydrogen-bond acceptors (Lipinski definition) is 3. The van der Waals surface area contributed by atoms with Crippen LogP contribution in [-0.2, 0) is 13.9 Å². The van der Waals surface area contributed by atoms with E-state index in [0.29, 0.717) is 11.9 Å². The van der Waals surface area contributed by atoms with Crippen LogP contribution in [0, 0.1) is 0 Å². The second-order valence-electron chi connectivity index (χ2n) is 1.85. The lowest BCUT2D eigenvalue weighted by Gasteiger charge is -2.00. The molecular formula is C5H9O5P. The summed E-state index contributed by atoms with van der Waals surface area (Å²) in [6, 6.07) is 0. The molecule has 11 heavy (non-hydrogen) atoms. The fourth-order valence-electron chi connectivity index (χ4n) is 0.314. The van der Waals surface area contributed by atoms with Crippen LogP contribution in [-0.4, -0.2) is 22.7 Å². The summed E-state index contributed by atoms with van der Waals surface area (Å²) in [5, 5.41) is 0. The zero-order chi connectivity index (χ0) is 8.91. The van der Waals surface area contributed by atoms with E-state index in [1.54, 1.807) is 0 Å². The van der Waals surface area contributed by atoms with Gasteiger partial charge in [0.2, 0.25) is 0 Å². The summed E-state index contributed by atoms with van der Waals surface area (Å²) in [5.41, 5.74) is 0.374. The van der Waals surface area contributed by atoms with Crippen molar-refractivity contribution in [1.82, 2.24) is 0 Å². The first kappa shape index (κ1) is 10.5. The van der Waals surface area contributed by atoms with Crippen molar-refractivity contribution in [1.29, 1.82) is 0 Å². The summed E-state index contributed by atoms with van der Waals surface area (Å²) in [6.07, 6.45) is 1.86. The van der Waals surface area contributed by atoms with Gasteiger partial charge in [-0.2, -0.15) is 0 Å². The topological polar surface area (TPSA) is 83.8 Å². The van der Waals surface area contributed by atoms with Crippen LogP contribution < -0.4 is 0 Å². The predicted octanol–water partition coefficient (Wildman–Crippen LogP) is 0.241. The molecule has 0 aromatic carbocycles. The Labute approximate surface area is 63.9 Å². The number of carbonyl (C=O) groups excluding carboxylic acids is 1. The fourth-order valence-corrected chi connectivity index (χ4v) is 0.583. The minimum atomic E-state index is -4.39. The molecule has 0 aliphatic carbocycles. The van der Waals surface area contributed by atoms with Crippen molar-refractivity contribution >= 4 is 14.1 Å². The molecule has 0 unspecified atom stereocenters. The largest absolute Gasteiger partial charge is 0.469 e. The van der Waals surface area contributed by atoms with Crippen LogP contribution in [0.2, 0.25) is 0 Å². The molecule has 0 saturated carbocycles. The molecule has 0 spiro atoms. The quantitative estimate of drug-likeness (QED) is 0.367. The van der Waals surface area contributed by atoms with Gasteiger partial charge >= 0.3 is 7.82 Å². The highest BCUT2D eigenvalue weighted by atomic mass is 31.2. The molecule has 0 bridgehead atoms. The van der Waals surface area contributed by atoms with Crippen LogP contribution >= 0.6 is 7.82 Å². The van der Waals surface area contributed by atoms with E-state index in [4.69, 9.17) is 9.79 Å². The SMILES string of the molecule is C/C(C=O)=C/COP(=O)(O)O. The van der Waals surface area contributed by atoms with Gasteiger partial charge in [-0.15, -0.1) is 0 Å². The number of allylic oxidation sites excluding steroid dienone is 1. The minimum absolute atomic E-state index is 0.255. The monoisotopic (exact) mass is 180 g/mol. The zero-order valence-corrected chi connectivity index (χ0v) is 6.82. The Morgan fingerprint density at radius 1 is 1.64 bits per heavy atom. The maximum Gasteiger partial charge on any atom is 0.469 e. The second-order valence-corrected chi connectivity index (χ2v) is 3.09. The van der Waals surface area contributed by atoms with Gasteiger partial charge in [0.1, 0.15) is 6.29 Å². The first-order chi connectivity index (χ1) is 4.95. The summed E-state index contributed by atoms with van der Waals surface area (Å²) in [5.74, 6) is 0. The summed E-state index contributed by atoms with van der Waals surface area (Å²) < 4.78 is 14.1. The Bertz CT molecular complexity index is 203. The molecular weight excluding hydrogens is 171 g/mol. The average molecular weight is 180 g/mol. The van der Waals surface area contributed by atoms with Crippen LogP contribution in [0.15, 0.2) is 11.6 Å². The van der Waals surface area contributed by atoms with Crippen molar-refractivity contribution in [2.45, 2.75) is 6.92 Å². The van der Waals surface area contributed by atoms with Crippen LogP contribution in [0.5, 0.6) is 0 Å². The smallest absolute Gasteiger partial charge is 0.303 e. The minimum Gasteiger partial charge on any atom is -0.303 e. The van der Waals surface area contributed by atoms with Crippen LogP contribution in [0.1, 0.15) is 6.92 Å². The Balaban J connectivity index is 3.74. The molecule has 0 aliphatic rings. The lowest BCUT2D eigenvalue weighted by Crippen LogP contribution is -1.89. The van der Waals surface area contributed by atoms with E-state index in [0.717, 1.165) is 0 Å². The number of phosphoric ester groups is 1. The molecule has 0 fully saturated rings. The van der Waals surface area contributed by atoms with E-state index in [2.05, 4.69) is 4.52 Å². The molecule has 0 saturated heterocycles. The molecule has 0 rings (SSSR count). The molecule has 0 heterocycles. The molecule has 0 aliphatic heterocycles. The van der Waals surface area contributed by atoms with Gasteiger partial charge in [0.25, 0.3) is 0 Å². The Hall–Kier alpha value is -0.480. The number of rotatable bonds is 4. The maximum atomic E-state index is 10.1. The van der Waals surface area contributed by atoms with Crippen molar-refractivity contribution in [2.75, 3.05) is 6.61 Å². The molecule has 2 N–H and O–H groups in total.